The van der Waals surface area contributed by atoms with E-state index in [0.29, 0.717) is 0 Å². The van der Waals surface area contributed by atoms with Crippen LogP contribution in [0, 0.1) is 12.8 Å². The van der Waals surface area contributed by atoms with Crippen LogP contribution in [0.1, 0.15) is 43.6 Å². The lowest BCUT2D eigenvalue weighted by Crippen LogP contribution is -2.20. The average Bonchev–Trinajstić information content (AvgIpc) is 2.59. The van der Waals surface area contributed by atoms with Gasteiger partial charge in [-0.3, -0.25) is 0 Å². The quantitative estimate of drug-likeness (QED) is 0.697. The molecule has 2 aromatic rings. The molecule has 1 atom stereocenters. The molecule has 0 aliphatic carbocycles. The van der Waals surface area contributed by atoms with Crippen molar-refractivity contribution in [1.29, 1.82) is 0 Å². The molecule has 0 fully saturated rings. The molecular formula is C23H29NO. The minimum Gasteiger partial charge on any atom is -0.388 e. The van der Waals surface area contributed by atoms with E-state index in [2.05, 4.69) is 67.0 Å². The second kappa shape index (κ2) is 8.68. The van der Waals surface area contributed by atoms with E-state index in [1.807, 2.05) is 32.9 Å². The molecule has 0 amide bonds. The minimum absolute atomic E-state index is 0.209. The van der Waals surface area contributed by atoms with Crippen molar-refractivity contribution in [1.82, 2.24) is 0 Å². The molecule has 0 spiro atoms. The Labute approximate surface area is 152 Å². The van der Waals surface area contributed by atoms with E-state index in [4.69, 9.17) is 0 Å². The first-order valence-corrected chi connectivity index (χ1v) is 8.82. The predicted molar refractivity (Wildman–Crippen MR) is 109 cm³/mol. The molecule has 2 heteroatoms. The van der Waals surface area contributed by atoms with Gasteiger partial charge in [0.25, 0.3) is 0 Å². The number of benzene rings is 2. The molecule has 0 radical (unpaired) electrons. The number of aliphatic hydroxyl groups excluding tert-OH is 1. The highest BCUT2D eigenvalue weighted by molar-refractivity contribution is 5.56. The highest BCUT2D eigenvalue weighted by Crippen LogP contribution is 2.25. The summed E-state index contributed by atoms with van der Waals surface area (Å²) in [6.45, 7) is 13.0. The highest BCUT2D eigenvalue weighted by Gasteiger charge is 2.12. The Morgan fingerprint density at radius 3 is 2.20 bits per heavy atom. The topological polar surface area (TPSA) is 23.5 Å². The maximum atomic E-state index is 10.2. The lowest BCUT2D eigenvalue weighted by Gasteiger charge is -2.24. The number of anilines is 1. The number of rotatable bonds is 7. The van der Waals surface area contributed by atoms with Gasteiger partial charge in [-0.25, -0.2) is 0 Å². The lowest BCUT2D eigenvalue weighted by atomic mass is 9.99. The molecule has 0 heterocycles. The van der Waals surface area contributed by atoms with E-state index >= 15 is 0 Å². The van der Waals surface area contributed by atoms with Crippen molar-refractivity contribution in [2.75, 3.05) is 11.4 Å². The average molecular weight is 335 g/mol. The van der Waals surface area contributed by atoms with Crippen LogP contribution >= 0.6 is 0 Å². The Bertz CT molecular complexity index is 711. The van der Waals surface area contributed by atoms with Gasteiger partial charge in [-0.1, -0.05) is 74.5 Å². The minimum atomic E-state index is -0.422. The maximum absolute atomic E-state index is 10.2. The Kier molecular flexibility index (Phi) is 6.60. The molecule has 2 aromatic carbocycles. The van der Waals surface area contributed by atoms with Gasteiger partial charge in [0.1, 0.15) is 0 Å². The highest BCUT2D eigenvalue weighted by atomic mass is 16.3. The van der Waals surface area contributed by atoms with Crippen molar-refractivity contribution < 1.29 is 5.11 Å². The van der Waals surface area contributed by atoms with Gasteiger partial charge in [-0.2, -0.15) is 0 Å². The SMILES string of the molecule is C=C(C)N(C/C=C/c1ccc(C)cc1)c1ccc(C(O)C(C)C)cc1. The maximum Gasteiger partial charge on any atom is 0.0812 e. The van der Waals surface area contributed by atoms with Crippen LogP contribution in [0.4, 0.5) is 5.69 Å². The molecule has 2 nitrogen and oxygen atoms in total. The first-order valence-electron chi connectivity index (χ1n) is 8.82. The molecule has 0 bridgehead atoms. The van der Waals surface area contributed by atoms with Gasteiger partial charge in [-0.05, 0) is 43.0 Å². The van der Waals surface area contributed by atoms with E-state index in [0.717, 1.165) is 23.5 Å². The van der Waals surface area contributed by atoms with Crippen LogP contribution in [0.25, 0.3) is 6.08 Å². The number of allylic oxidation sites excluding steroid dienone is 1. The van der Waals surface area contributed by atoms with E-state index in [1.54, 1.807) is 0 Å². The van der Waals surface area contributed by atoms with Crippen molar-refractivity contribution in [3.63, 3.8) is 0 Å². The van der Waals surface area contributed by atoms with Crippen LogP contribution in [-0.4, -0.2) is 11.7 Å². The monoisotopic (exact) mass is 335 g/mol. The van der Waals surface area contributed by atoms with Gasteiger partial charge in [0, 0.05) is 17.9 Å². The van der Waals surface area contributed by atoms with Gasteiger partial charge in [0.05, 0.1) is 6.10 Å². The summed E-state index contributed by atoms with van der Waals surface area (Å²) in [7, 11) is 0. The van der Waals surface area contributed by atoms with Crippen molar-refractivity contribution >= 4 is 11.8 Å². The van der Waals surface area contributed by atoms with Crippen LogP contribution in [0.3, 0.4) is 0 Å². The summed E-state index contributed by atoms with van der Waals surface area (Å²) in [5.74, 6) is 0.209. The van der Waals surface area contributed by atoms with E-state index in [9.17, 15) is 5.11 Å². The molecule has 0 saturated carbocycles. The normalized spacial score (nSPS) is 12.6. The molecule has 132 valence electrons. The summed E-state index contributed by atoms with van der Waals surface area (Å²) < 4.78 is 0. The molecule has 0 aliphatic heterocycles. The lowest BCUT2D eigenvalue weighted by molar-refractivity contribution is 0.127. The molecule has 0 saturated heterocycles. The van der Waals surface area contributed by atoms with Crippen molar-refractivity contribution in [3.8, 4) is 0 Å². The van der Waals surface area contributed by atoms with Gasteiger partial charge in [-0.15, -0.1) is 0 Å². The molecule has 0 aromatic heterocycles. The molecule has 25 heavy (non-hydrogen) atoms. The third-order valence-corrected chi connectivity index (χ3v) is 4.31. The fourth-order valence-electron chi connectivity index (χ4n) is 2.69. The fraction of sp³-hybridized carbons (Fsp3) is 0.304. The smallest absolute Gasteiger partial charge is 0.0812 e. The van der Waals surface area contributed by atoms with E-state index in [1.165, 1.54) is 11.1 Å². The second-order valence-electron chi connectivity index (χ2n) is 6.94. The standard InChI is InChI=1S/C23H29NO/c1-17(2)23(25)21-12-14-22(15-13-21)24(18(3)4)16-6-7-20-10-8-19(5)9-11-20/h6-15,17,23,25H,3,16H2,1-2,4-5H3/b7-6+. The van der Waals surface area contributed by atoms with E-state index < -0.39 is 6.10 Å². The number of aryl methyl sites for hydroxylation is 1. The first kappa shape index (κ1) is 19.0. The zero-order chi connectivity index (χ0) is 18.4. The molecular weight excluding hydrogens is 306 g/mol. The number of aliphatic hydroxyl groups is 1. The zero-order valence-corrected chi connectivity index (χ0v) is 15.7. The Hall–Kier alpha value is -2.32. The van der Waals surface area contributed by atoms with Gasteiger partial charge >= 0.3 is 0 Å². The summed E-state index contributed by atoms with van der Waals surface area (Å²) >= 11 is 0. The largest absolute Gasteiger partial charge is 0.388 e. The zero-order valence-electron chi connectivity index (χ0n) is 15.7. The summed E-state index contributed by atoms with van der Waals surface area (Å²) in [6, 6.07) is 16.6. The molecule has 1 unspecified atom stereocenters. The van der Waals surface area contributed by atoms with Crippen LogP contribution in [-0.2, 0) is 0 Å². The predicted octanol–water partition coefficient (Wildman–Crippen LogP) is 5.74. The van der Waals surface area contributed by atoms with Crippen LogP contribution in [0.15, 0.2) is 66.9 Å². The van der Waals surface area contributed by atoms with Gasteiger partial charge in [0.2, 0.25) is 0 Å². The van der Waals surface area contributed by atoms with Crippen LogP contribution in [0.2, 0.25) is 0 Å². The number of hydrogen-bond donors (Lipinski definition) is 1. The summed E-state index contributed by atoms with van der Waals surface area (Å²) in [4.78, 5) is 2.16. The Morgan fingerprint density at radius 1 is 1.08 bits per heavy atom. The third kappa shape index (κ3) is 5.33. The van der Waals surface area contributed by atoms with Crippen molar-refractivity contribution in [2.45, 2.75) is 33.8 Å². The first-order chi connectivity index (χ1) is 11.9. The van der Waals surface area contributed by atoms with E-state index in [-0.39, 0.29) is 5.92 Å². The van der Waals surface area contributed by atoms with Crippen molar-refractivity contribution in [3.05, 3.63) is 83.6 Å². The summed E-state index contributed by atoms with van der Waals surface area (Å²) in [5, 5.41) is 10.2. The Balaban J connectivity index is 2.10. The van der Waals surface area contributed by atoms with Gasteiger partial charge < -0.3 is 10.0 Å². The van der Waals surface area contributed by atoms with Crippen LogP contribution in [0.5, 0.6) is 0 Å². The number of nitrogens with zero attached hydrogens (tertiary/aromatic N) is 1. The Morgan fingerprint density at radius 2 is 1.68 bits per heavy atom. The second-order valence-corrected chi connectivity index (χ2v) is 6.94. The summed E-state index contributed by atoms with van der Waals surface area (Å²) in [5.41, 5.74) is 5.49. The fourth-order valence-corrected chi connectivity index (χ4v) is 2.69. The molecule has 1 N–H and O–H groups in total. The summed E-state index contributed by atoms with van der Waals surface area (Å²) in [6.07, 6.45) is 3.86. The van der Waals surface area contributed by atoms with Gasteiger partial charge in [0.15, 0.2) is 0 Å². The molecule has 0 aliphatic rings. The van der Waals surface area contributed by atoms with Crippen LogP contribution < -0.4 is 4.90 Å². The third-order valence-electron chi connectivity index (χ3n) is 4.31. The number of hydrogen-bond acceptors (Lipinski definition) is 2. The molecule has 2 rings (SSSR count). The van der Waals surface area contributed by atoms with Crippen molar-refractivity contribution in [2.24, 2.45) is 5.92 Å².